The molecule has 0 spiro atoms. The molecule has 2 saturated heterocycles. The van der Waals surface area contributed by atoms with Gasteiger partial charge in [0.25, 0.3) is 0 Å². The van der Waals surface area contributed by atoms with Crippen molar-refractivity contribution >= 4 is 0 Å². The summed E-state index contributed by atoms with van der Waals surface area (Å²) < 4.78 is 11.4. The molecule has 26 heavy (non-hydrogen) atoms. The standard InChI is InChI=1S/C21H34N2O3/c24-20(17-22-9-3-1-2-4-10-22)18-26-21-8-5-7-19(15-21)16-23-11-6-13-25-14-12-23/h5,7-8,15,20,24H,1-4,6,9-14,16-18H2. The fraction of sp³-hybridized carbons (Fsp3) is 0.714. The minimum Gasteiger partial charge on any atom is -0.491 e. The highest BCUT2D eigenvalue weighted by Gasteiger charge is 2.15. The van der Waals surface area contributed by atoms with E-state index < -0.39 is 6.10 Å². The number of ether oxygens (including phenoxy) is 2. The van der Waals surface area contributed by atoms with Crippen LogP contribution in [0.3, 0.4) is 0 Å². The number of rotatable bonds is 7. The molecule has 2 aliphatic heterocycles. The van der Waals surface area contributed by atoms with Crippen molar-refractivity contribution in [1.82, 2.24) is 9.80 Å². The first-order valence-electron chi connectivity index (χ1n) is 10.2. The van der Waals surface area contributed by atoms with Crippen LogP contribution in [0.5, 0.6) is 5.75 Å². The number of aliphatic hydroxyl groups excluding tert-OH is 1. The van der Waals surface area contributed by atoms with Crippen LogP contribution in [0.25, 0.3) is 0 Å². The van der Waals surface area contributed by atoms with E-state index in [1.807, 2.05) is 12.1 Å². The van der Waals surface area contributed by atoms with Gasteiger partial charge in [-0.25, -0.2) is 0 Å². The van der Waals surface area contributed by atoms with Crippen LogP contribution in [0.4, 0.5) is 0 Å². The number of aliphatic hydroxyl groups is 1. The average Bonchev–Trinajstić information content (AvgIpc) is 3.05. The summed E-state index contributed by atoms with van der Waals surface area (Å²) in [6.07, 6.45) is 5.80. The molecule has 0 aliphatic carbocycles. The monoisotopic (exact) mass is 362 g/mol. The zero-order chi connectivity index (χ0) is 18.0. The number of nitrogens with zero attached hydrogens (tertiary/aromatic N) is 2. The van der Waals surface area contributed by atoms with Gasteiger partial charge in [0.05, 0.1) is 6.61 Å². The lowest BCUT2D eigenvalue weighted by Gasteiger charge is -2.23. The molecule has 1 atom stereocenters. The first kappa shape index (κ1) is 19.6. The minimum absolute atomic E-state index is 0.359. The predicted molar refractivity (Wildman–Crippen MR) is 104 cm³/mol. The largest absolute Gasteiger partial charge is 0.491 e. The van der Waals surface area contributed by atoms with Crippen LogP contribution in [0.2, 0.25) is 0 Å². The molecule has 0 bridgehead atoms. The molecule has 1 aromatic rings. The molecule has 146 valence electrons. The molecule has 5 heteroatoms. The van der Waals surface area contributed by atoms with Crippen LogP contribution in [0, 0.1) is 0 Å². The molecule has 0 radical (unpaired) electrons. The summed E-state index contributed by atoms with van der Waals surface area (Å²) in [4.78, 5) is 4.80. The maximum Gasteiger partial charge on any atom is 0.119 e. The fourth-order valence-corrected chi connectivity index (χ4v) is 3.81. The Morgan fingerprint density at radius 1 is 0.962 bits per heavy atom. The Morgan fingerprint density at radius 3 is 2.62 bits per heavy atom. The van der Waals surface area contributed by atoms with E-state index in [2.05, 4.69) is 21.9 Å². The number of hydrogen-bond donors (Lipinski definition) is 1. The van der Waals surface area contributed by atoms with Crippen molar-refractivity contribution in [2.24, 2.45) is 0 Å². The summed E-state index contributed by atoms with van der Waals surface area (Å²) in [5.74, 6) is 0.850. The van der Waals surface area contributed by atoms with Gasteiger partial charge in [0.1, 0.15) is 18.5 Å². The highest BCUT2D eigenvalue weighted by atomic mass is 16.5. The second-order valence-electron chi connectivity index (χ2n) is 7.57. The molecule has 0 amide bonds. The van der Waals surface area contributed by atoms with Crippen molar-refractivity contribution < 1.29 is 14.6 Å². The van der Waals surface area contributed by atoms with E-state index >= 15 is 0 Å². The van der Waals surface area contributed by atoms with Gasteiger partial charge < -0.3 is 19.5 Å². The Labute approximate surface area is 157 Å². The lowest BCUT2D eigenvalue weighted by atomic mass is 10.2. The Hall–Kier alpha value is -1.14. The maximum atomic E-state index is 10.3. The maximum absolute atomic E-state index is 10.3. The summed E-state index contributed by atoms with van der Waals surface area (Å²) in [5, 5.41) is 10.3. The molecule has 5 nitrogen and oxygen atoms in total. The van der Waals surface area contributed by atoms with Crippen LogP contribution < -0.4 is 4.74 Å². The number of benzene rings is 1. The van der Waals surface area contributed by atoms with Crippen LogP contribution in [-0.2, 0) is 11.3 Å². The van der Waals surface area contributed by atoms with E-state index in [0.717, 1.165) is 58.1 Å². The average molecular weight is 363 g/mol. The number of hydrogen-bond acceptors (Lipinski definition) is 5. The zero-order valence-electron chi connectivity index (χ0n) is 15.9. The van der Waals surface area contributed by atoms with E-state index in [0.29, 0.717) is 13.2 Å². The van der Waals surface area contributed by atoms with E-state index in [4.69, 9.17) is 9.47 Å². The lowest BCUT2D eigenvalue weighted by Crippen LogP contribution is -2.36. The Bertz CT molecular complexity index is 510. The zero-order valence-corrected chi connectivity index (χ0v) is 15.9. The molecule has 3 rings (SSSR count). The number of β-amino-alcohol motifs (C(OH)–C–C–N with tert-alkyl or cyclic N) is 1. The van der Waals surface area contributed by atoms with Crippen LogP contribution >= 0.6 is 0 Å². The quantitative estimate of drug-likeness (QED) is 0.808. The van der Waals surface area contributed by atoms with Gasteiger partial charge in [0, 0.05) is 32.8 Å². The van der Waals surface area contributed by atoms with Gasteiger partial charge in [0.15, 0.2) is 0 Å². The molecular formula is C21H34N2O3. The van der Waals surface area contributed by atoms with E-state index in [9.17, 15) is 5.11 Å². The second kappa shape index (κ2) is 10.9. The van der Waals surface area contributed by atoms with Crippen molar-refractivity contribution in [1.29, 1.82) is 0 Å². The smallest absolute Gasteiger partial charge is 0.119 e. The van der Waals surface area contributed by atoms with Crippen LogP contribution in [0.15, 0.2) is 24.3 Å². The fourth-order valence-electron chi connectivity index (χ4n) is 3.81. The SMILES string of the molecule is OC(COc1cccc(CN2CCCOCC2)c1)CN1CCCCCC1. The van der Waals surface area contributed by atoms with Gasteiger partial charge in [-0.15, -0.1) is 0 Å². The molecule has 0 aromatic heterocycles. The van der Waals surface area contributed by atoms with Gasteiger partial charge in [-0.05, 0) is 50.0 Å². The molecule has 1 unspecified atom stereocenters. The summed E-state index contributed by atoms with van der Waals surface area (Å²) in [6.45, 7) is 7.97. The molecule has 0 saturated carbocycles. The topological polar surface area (TPSA) is 45.2 Å². The predicted octanol–water partition coefficient (Wildman–Crippen LogP) is 2.52. The van der Waals surface area contributed by atoms with Crippen molar-refractivity contribution in [2.75, 3.05) is 52.5 Å². The summed E-state index contributed by atoms with van der Waals surface area (Å²) in [5.41, 5.74) is 1.26. The Kier molecular flexibility index (Phi) is 8.21. The molecule has 1 aromatic carbocycles. The third kappa shape index (κ3) is 6.88. The van der Waals surface area contributed by atoms with Crippen molar-refractivity contribution in [3.63, 3.8) is 0 Å². The first-order valence-corrected chi connectivity index (χ1v) is 10.2. The van der Waals surface area contributed by atoms with Gasteiger partial charge in [-0.1, -0.05) is 25.0 Å². The highest BCUT2D eigenvalue weighted by Crippen LogP contribution is 2.16. The third-order valence-electron chi connectivity index (χ3n) is 5.23. The van der Waals surface area contributed by atoms with Gasteiger partial charge >= 0.3 is 0 Å². The Balaban J connectivity index is 1.43. The Morgan fingerprint density at radius 2 is 1.77 bits per heavy atom. The third-order valence-corrected chi connectivity index (χ3v) is 5.23. The van der Waals surface area contributed by atoms with E-state index in [1.165, 1.54) is 31.2 Å². The first-order chi connectivity index (χ1) is 12.8. The van der Waals surface area contributed by atoms with Crippen LogP contribution in [-0.4, -0.2) is 73.6 Å². The summed E-state index contributed by atoms with van der Waals surface area (Å²) >= 11 is 0. The summed E-state index contributed by atoms with van der Waals surface area (Å²) in [7, 11) is 0. The second-order valence-corrected chi connectivity index (χ2v) is 7.57. The minimum atomic E-state index is -0.431. The van der Waals surface area contributed by atoms with Gasteiger partial charge in [-0.3, -0.25) is 4.90 Å². The molecule has 2 heterocycles. The van der Waals surface area contributed by atoms with E-state index in [1.54, 1.807) is 0 Å². The normalized spacial score (nSPS) is 21.7. The van der Waals surface area contributed by atoms with Crippen molar-refractivity contribution in [2.45, 2.75) is 44.8 Å². The van der Waals surface area contributed by atoms with Crippen molar-refractivity contribution in [3.05, 3.63) is 29.8 Å². The van der Waals surface area contributed by atoms with Crippen LogP contribution in [0.1, 0.15) is 37.7 Å². The molecular weight excluding hydrogens is 328 g/mol. The van der Waals surface area contributed by atoms with Gasteiger partial charge in [-0.2, -0.15) is 0 Å². The molecule has 2 fully saturated rings. The summed E-state index contributed by atoms with van der Waals surface area (Å²) in [6, 6.07) is 8.27. The molecule has 2 aliphatic rings. The molecule has 1 N–H and O–H groups in total. The van der Waals surface area contributed by atoms with Crippen molar-refractivity contribution in [3.8, 4) is 5.75 Å². The lowest BCUT2D eigenvalue weighted by molar-refractivity contribution is 0.0693. The van der Waals surface area contributed by atoms with Gasteiger partial charge in [0.2, 0.25) is 0 Å². The van der Waals surface area contributed by atoms with E-state index in [-0.39, 0.29) is 0 Å². The number of likely N-dealkylation sites (tertiary alicyclic amines) is 1. The highest BCUT2D eigenvalue weighted by molar-refractivity contribution is 5.28.